The number of hydrogen-bond donors (Lipinski definition) is 3. The zero-order valence-electron chi connectivity index (χ0n) is 6.78. The quantitative estimate of drug-likeness (QED) is 0.371. The number of nitrogens with one attached hydrogen (secondary N) is 1. The number of urea groups is 1. The lowest BCUT2D eigenvalue weighted by Gasteiger charge is -2.00. The molecule has 0 aliphatic carbocycles. The largest absolute Gasteiger partial charge is 0.350 e. The van der Waals surface area contributed by atoms with E-state index in [0.717, 1.165) is 0 Å². The number of ketones is 1. The minimum atomic E-state index is -0.763. The molecule has 0 rings (SSSR count). The molecule has 2 amide bonds. The molecule has 0 heterocycles. The third-order valence-corrected chi connectivity index (χ3v) is 0.964. The third kappa shape index (κ3) is 6.69. The van der Waals surface area contributed by atoms with Crippen LogP contribution in [0.5, 0.6) is 0 Å². The fourth-order valence-electron chi connectivity index (χ4n) is 0.581. The Bertz CT molecular complexity index is 202. The number of hydrazone groups is 1. The first kappa shape index (κ1) is 10.6. The van der Waals surface area contributed by atoms with E-state index in [4.69, 9.17) is 11.5 Å². The summed E-state index contributed by atoms with van der Waals surface area (Å²) in [5, 5.41) is 3.40. The Morgan fingerprint density at radius 2 is 2.25 bits per heavy atom. The number of rotatable bonds is 4. The summed E-state index contributed by atoms with van der Waals surface area (Å²) in [5.41, 5.74) is 12.1. The van der Waals surface area contributed by atoms with Crippen molar-refractivity contribution in [3.63, 3.8) is 0 Å². The van der Waals surface area contributed by atoms with Gasteiger partial charge in [-0.25, -0.2) is 10.2 Å². The lowest BCUT2D eigenvalue weighted by molar-refractivity contribution is -0.117. The fraction of sp³-hybridized carbons (Fsp3) is 0.500. The lowest BCUT2D eigenvalue weighted by atomic mass is 10.2. The molecule has 0 saturated carbocycles. The second-order valence-corrected chi connectivity index (χ2v) is 2.32. The van der Waals surface area contributed by atoms with Crippen molar-refractivity contribution < 1.29 is 9.59 Å². The van der Waals surface area contributed by atoms with E-state index in [2.05, 4.69) is 5.10 Å². The van der Waals surface area contributed by atoms with Crippen molar-refractivity contribution in [3.8, 4) is 0 Å². The zero-order valence-corrected chi connectivity index (χ0v) is 6.78. The van der Waals surface area contributed by atoms with E-state index in [0.29, 0.717) is 0 Å². The molecule has 5 N–H and O–H groups in total. The molecule has 6 nitrogen and oxygen atoms in total. The summed E-state index contributed by atoms with van der Waals surface area (Å²) in [5.74, 6) is -0.0342. The van der Waals surface area contributed by atoms with Crippen LogP contribution in [0.4, 0.5) is 4.79 Å². The smallest absolute Gasteiger partial charge is 0.332 e. The Kier molecular flexibility index (Phi) is 4.62. The highest BCUT2D eigenvalue weighted by molar-refractivity contribution is 5.81. The molecule has 0 aromatic carbocycles. The molecule has 0 aliphatic rings. The van der Waals surface area contributed by atoms with Gasteiger partial charge in [0.1, 0.15) is 5.78 Å². The van der Waals surface area contributed by atoms with Gasteiger partial charge < -0.3 is 11.5 Å². The van der Waals surface area contributed by atoms with Gasteiger partial charge in [-0.15, -0.1) is 0 Å². The van der Waals surface area contributed by atoms with Crippen LogP contribution in [-0.4, -0.2) is 24.1 Å². The number of primary amides is 1. The van der Waals surface area contributed by atoms with Crippen LogP contribution in [0.2, 0.25) is 0 Å². The first-order chi connectivity index (χ1) is 5.52. The van der Waals surface area contributed by atoms with Crippen LogP contribution in [0, 0.1) is 0 Å². The monoisotopic (exact) mass is 172 g/mol. The summed E-state index contributed by atoms with van der Waals surface area (Å²) in [6.45, 7) is 1.43. The van der Waals surface area contributed by atoms with Crippen LogP contribution in [0.15, 0.2) is 5.10 Å². The SMILES string of the molecule is CC(=O)C[C@H](N)/C=N\NC(N)=O. The van der Waals surface area contributed by atoms with Gasteiger partial charge in [-0.3, -0.25) is 4.79 Å². The Morgan fingerprint density at radius 1 is 1.67 bits per heavy atom. The van der Waals surface area contributed by atoms with Gasteiger partial charge in [0.15, 0.2) is 0 Å². The van der Waals surface area contributed by atoms with Crippen molar-refractivity contribution in [1.29, 1.82) is 0 Å². The molecular weight excluding hydrogens is 160 g/mol. The van der Waals surface area contributed by atoms with Crippen LogP contribution in [0.1, 0.15) is 13.3 Å². The predicted molar refractivity (Wildman–Crippen MR) is 44.5 cm³/mol. The molecule has 0 unspecified atom stereocenters. The van der Waals surface area contributed by atoms with Gasteiger partial charge in [0.2, 0.25) is 0 Å². The number of Topliss-reactive ketones (excluding diaryl/α,β-unsaturated/α-hetero) is 1. The van der Waals surface area contributed by atoms with Gasteiger partial charge in [0.05, 0.1) is 0 Å². The Morgan fingerprint density at radius 3 is 2.67 bits per heavy atom. The Hall–Kier alpha value is -1.43. The van der Waals surface area contributed by atoms with E-state index in [1.54, 1.807) is 0 Å². The molecule has 1 atom stereocenters. The van der Waals surface area contributed by atoms with Crippen molar-refractivity contribution in [3.05, 3.63) is 0 Å². The summed E-state index contributed by atoms with van der Waals surface area (Å²) >= 11 is 0. The molecular formula is C6H12N4O2. The van der Waals surface area contributed by atoms with E-state index >= 15 is 0 Å². The molecule has 0 aromatic rings. The summed E-state index contributed by atoms with van der Waals surface area (Å²) in [7, 11) is 0. The molecule has 0 fully saturated rings. The van der Waals surface area contributed by atoms with Crippen LogP contribution in [0.3, 0.4) is 0 Å². The maximum Gasteiger partial charge on any atom is 0.332 e. The van der Waals surface area contributed by atoms with Crippen LogP contribution >= 0.6 is 0 Å². The van der Waals surface area contributed by atoms with Crippen molar-refractivity contribution in [2.24, 2.45) is 16.6 Å². The number of nitrogens with zero attached hydrogens (tertiary/aromatic N) is 1. The van der Waals surface area contributed by atoms with Gasteiger partial charge in [0, 0.05) is 18.7 Å². The zero-order chi connectivity index (χ0) is 9.56. The maximum absolute atomic E-state index is 10.5. The van der Waals surface area contributed by atoms with Crippen LogP contribution in [0.25, 0.3) is 0 Å². The predicted octanol–water partition coefficient (Wildman–Crippen LogP) is -1.05. The summed E-state index contributed by atoms with van der Waals surface area (Å²) in [4.78, 5) is 20.6. The van der Waals surface area contributed by atoms with E-state index in [1.807, 2.05) is 5.43 Å². The average molecular weight is 172 g/mol. The molecule has 0 radical (unpaired) electrons. The number of carbonyl (C=O) groups excluding carboxylic acids is 2. The first-order valence-electron chi connectivity index (χ1n) is 3.36. The fourth-order valence-corrected chi connectivity index (χ4v) is 0.581. The number of hydrogen-bond acceptors (Lipinski definition) is 4. The van der Waals surface area contributed by atoms with Gasteiger partial charge >= 0.3 is 6.03 Å². The molecule has 12 heavy (non-hydrogen) atoms. The molecule has 0 saturated heterocycles. The van der Waals surface area contributed by atoms with E-state index in [-0.39, 0.29) is 12.2 Å². The van der Waals surface area contributed by atoms with Crippen molar-refractivity contribution in [2.75, 3.05) is 0 Å². The van der Waals surface area contributed by atoms with E-state index < -0.39 is 12.1 Å². The number of nitrogens with two attached hydrogens (primary N) is 2. The van der Waals surface area contributed by atoms with Crippen molar-refractivity contribution in [1.82, 2.24) is 5.43 Å². The van der Waals surface area contributed by atoms with E-state index in [1.165, 1.54) is 13.1 Å². The van der Waals surface area contributed by atoms with Gasteiger partial charge in [0.25, 0.3) is 0 Å². The molecule has 0 aromatic heterocycles. The number of amides is 2. The lowest BCUT2D eigenvalue weighted by Crippen LogP contribution is -2.29. The van der Waals surface area contributed by atoms with Crippen LogP contribution in [-0.2, 0) is 4.79 Å². The average Bonchev–Trinajstić information content (AvgIpc) is 1.84. The highest BCUT2D eigenvalue weighted by Gasteiger charge is 2.01. The normalized spacial score (nSPS) is 12.8. The Labute approximate surface area is 70.0 Å². The minimum absolute atomic E-state index is 0.0342. The molecule has 0 spiro atoms. The summed E-state index contributed by atoms with van der Waals surface area (Å²) in [6, 6.07) is -1.24. The van der Waals surface area contributed by atoms with Crippen LogP contribution < -0.4 is 16.9 Å². The summed E-state index contributed by atoms with van der Waals surface area (Å²) < 4.78 is 0. The van der Waals surface area contributed by atoms with E-state index in [9.17, 15) is 9.59 Å². The summed E-state index contributed by atoms with van der Waals surface area (Å²) in [6.07, 6.45) is 1.45. The maximum atomic E-state index is 10.5. The van der Waals surface area contributed by atoms with Gasteiger partial charge in [-0.05, 0) is 6.92 Å². The highest BCUT2D eigenvalue weighted by atomic mass is 16.2. The topological polar surface area (TPSA) is 111 Å². The standard InChI is InChI=1S/C6H12N4O2/c1-4(11)2-5(7)3-9-10-6(8)12/h3,5H,2,7H2,1H3,(H3,8,10,12)/b9-3-/t5-/m0/s1. The second-order valence-electron chi connectivity index (χ2n) is 2.32. The minimum Gasteiger partial charge on any atom is -0.350 e. The molecule has 68 valence electrons. The third-order valence-electron chi connectivity index (χ3n) is 0.964. The van der Waals surface area contributed by atoms with Crippen molar-refractivity contribution in [2.45, 2.75) is 19.4 Å². The molecule has 6 heteroatoms. The van der Waals surface area contributed by atoms with Gasteiger partial charge in [-0.1, -0.05) is 0 Å². The Balaban J connectivity index is 3.67. The second kappa shape index (κ2) is 5.25. The highest BCUT2D eigenvalue weighted by Crippen LogP contribution is 1.84. The molecule has 0 aliphatic heterocycles. The number of carbonyl (C=O) groups is 2. The van der Waals surface area contributed by atoms with Gasteiger partial charge in [-0.2, -0.15) is 5.10 Å². The first-order valence-corrected chi connectivity index (χ1v) is 3.36. The molecule has 0 bridgehead atoms. The van der Waals surface area contributed by atoms with Crippen molar-refractivity contribution >= 4 is 18.0 Å².